The summed E-state index contributed by atoms with van der Waals surface area (Å²) in [4.78, 5) is 36.6. The number of anilines is 1. The largest absolute Gasteiger partial charge is 0.269 e. The summed E-state index contributed by atoms with van der Waals surface area (Å²) in [6.07, 6.45) is 2.16. The summed E-state index contributed by atoms with van der Waals surface area (Å²) < 4.78 is 0. The minimum absolute atomic E-state index is 0.292. The number of benzene rings is 1. The second-order valence-electron chi connectivity index (χ2n) is 7.15. The summed E-state index contributed by atoms with van der Waals surface area (Å²) in [6, 6.07) is 7.20. The molecular formula is C19H25NO4. The molecule has 5 nitrogen and oxygen atoms in total. The molecule has 130 valence electrons. The molecule has 0 atom stereocenters. The van der Waals surface area contributed by atoms with Gasteiger partial charge in [-0.15, -0.1) is 0 Å². The summed E-state index contributed by atoms with van der Waals surface area (Å²) in [5.41, 5.74) is 0.668. The fraction of sp³-hybridized carbons (Fsp3) is 0.474. The molecule has 2 amide bonds. The van der Waals surface area contributed by atoms with Gasteiger partial charge in [-0.3, -0.25) is 9.59 Å². The Morgan fingerprint density at radius 1 is 1.08 bits per heavy atom. The van der Waals surface area contributed by atoms with Crippen molar-refractivity contribution in [3.63, 3.8) is 0 Å². The lowest BCUT2D eigenvalue weighted by atomic mass is 9.97. The topological polar surface area (TPSA) is 55.8 Å². The molecule has 0 bridgehead atoms. The van der Waals surface area contributed by atoms with E-state index in [0.717, 1.165) is 12.0 Å². The molecule has 0 fully saturated rings. The number of rotatable bonds is 6. The zero-order valence-electron chi connectivity index (χ0n) is 15.2. The Bertz CT molecular complexity index is 688. The Labute approximate surface area is 143 Å². The van der Waals surface area contributed by atoms with E-state index in [9.17, 15) is 9.59 Å². The molecule has 2 rings (SSSR count). The standard InChI is InChI=1S/C19H25NO4/c1-7-18(3,4)23-24-19(5,6)14-9-8-10-15(12-14)20-16(21)11-13(2)17(20)22/h8-12H,7H2,1-6H3. The van der Waals surface area contributed by atoms with Crippen molar-refractivity contribution >= 4 is 17.5 Å². The van der Waals surface area contributed by atoms with Crippen molar-refractivity contribution in [2.45, 2.75) is 59.2 Å². The van der Waals surface area contributed by atoms with Gasteiger partial charge in [0, 0.05) is 11.6 Å². The highest BCUT2D eigenvalue weighted by Gasteiger charge is 2.32. The molecule has 1 heterocycles. The zero-order chi connectivity index (χ0) is 18.1. The van der Waals surface area contributed by atoms with Crippen LogP contribution in [0.2, 0.25) is 0 Å². The highest BCUT2D eigenvalue weighted by molar-refractivity contribution is 6.30. The molecular weight excluding hydrogens is 306 g/mol. The monoisotopic (exact) mass is 331 g/mol. The van der Waals surface area contributed by atoms with Crippen molar-refractivity contribution in [1.29, 1.82) is 0 Å². The van der Waals surface area contributed by atoms with Gasteiger partial charge >= 0.3 is 0 Å². The van der Waals surface area contributed by atoms with Crippen LogP contribution in [-0.4, -0.2) is 17.4 Å². The molecule has 0 saturated carbocycles. The van der Waals surface area contributed by atoms with E-state index in [1.54, 1.807) is 25.1 Å². The number of amides is 2. The molecule has 0 saturated heterocycles. The third-order valence-corrected chi connectivity index (χ3v) is 4.23. The second kappa shape index (κ2) is 6.49. The summed E-state index contributed by atoms with van der Waals surface area (Å²) in [6.45, 7) is 11.3. The van der Waals surface area contributed by atoms with E-state index in [2.05, 4.69) is 0 Å². The minimum atomic E-state index is -0.725. The van der Waals surface area contributed by atoms with Crippen LogP contribution in [0.15, 0.2) is 35.9 Å². The average molecular weight is 331 g/mol. The fourth-order valence-electron chi connectivity index (χ4n) is 2.18. The highest BCUT2D eigenvalue weighted by Crippen LogP contribution is 2.31. The maximum absolute atomic E-state index is 12.2. The molecule has 1 aliphatic heterocycles. The van der Waals surface area contributed by atoms with Crippen LogP contribution in [0.1, 0.15) is 53.5 Å². The van der Waals surface area contributed by atoms with Gasteiger partial charge in [0.25, 0.3) is 11.8 Å². The van der Waals surface area contributed by atoms with E-state index >= 15 is 0 Å². The molecule has 0 radical (unpaired) electrons. The van der Waals surface area contributed by atoms with E-state index in [-0.39, 0.29) is 11.8 Å². The Hall–Kier alpha value is -1.98. The summed E-state index contributed by atoms with van der Waals surface area (Å²) in [5, 5.41) is 0. The molecule has 0 N–H and O–H groups in total. The van der Waals surface area contributed by atoms with Crippen LogP contribution in [0.5, 0.6) is 0 Å². The summed E-state index contributed by atoms with van der Waals surface area (Å²) in [7, 11) is 0. The van der Waals surface area contributed by atoms with Crippen LogP contribution >= 0.6 is 0 Å². The zero-order valence-corrected chi connectivity index (χ0v) is 15.2. The number of hydrogen-bond acceptors (Lipinski definition) is 4. The first-order chi connectivity index (χ1) is 11.1. The molecule has 1 aromatic rings. The number of hydrogen-bond donors (Lipinski definition) is 0. The number of carbonyl (C=O) groups excluding carboxylic acids is 2. The average Bonchev–Trinajstić information content (AvgIpc) is 2.78. The Morgan fingerprint density at radius 3 is 2.29 bits per heavy atom. The predicted molar refractivity (Wildman–Crippen MR) is 92.3 cm³/mol. The van der Waals surface area contributed by atoms with Crippen LogP contribution in [-0.2, 0) is 25.0 Å². The van der Waals surface area contributed by atoms with E-state index in [1.807, 2.05) is 40.7 Å². The van der Waals surface area contributed by atoms with Gasteiger partial charge in [0.15, 0.2) is 0 Å². The molecule has 24 heavy (non-hydrogen) atoms. The van der Waals surface area contributed by atoms with Crippen molar-refractivity contribution < 1.29 is 19.4 Å². The van der Waals surface area contributed by atoms with Crippen LogP contribution in [0, 0.1) is 0 Å². The summed E-state index contributed by atoms with van der Waals surface area (Å²) in [5.74, 6) is -0.615. The molecule has 0 aliphatic carbocycles. The van der Waals surface area contributed by atoms with Gasteiger partial charge in [-0.2, -0.15) is 0 Å². The molecule has 5 heteroatoms. The lowest BCUT2D eigenvalue weighted by Gasteiger charge is -2.30. The van der Waals surface area contributed by atoms with Gasteiger partial charge < -0.3 is 0 Å². The van der Waals surface area contributed by atoms with Crippen LogP contribution in [0.3, 0.4) is 0 Å². The third-order valence-electron chi connectivity index (χ3n) is 4.23. The normalized spacial score (nSPS) is 15.9. The highest BCUT2D eigenvalue weighted by atomic mass is 17.2. The van der Waals surface area contributed by atoms with Gasteiger partial charge in [0.05, 0.1) is 11.3 Å². The van der Waals surface area contributed by atoms with Crippen LogP contribution < -0.4 is 4.90 Å². The maximum Gasteiger partial charge on any atom is 0.261 e. The number of carbonyl (C=O) groups is 2. The lowest BCUT2D eigenvalue weighted by Crippen LogP contribution is -2.32. The van der Waals surface area contributed by atoms with Gasteiger partial charge in [-0.25, -0.2) is 14.7 Å². The van der Waals surface area contributed by atoms with Crippen molar-refractivity contribution in [1.82, 2.24) is 0 Å². The van der Waals surface area contributed by atoms with Gasteiger partial charge in [0.1, 0.15) is 5.60 Å². The van der Waals surface area contributed by atoms with E-state index in [1.165, 1.54) is 11.0 Å². The first-order valence-corrected chi connectivity index (χ1v) is 8.11. The smallest absolute Gasteiger partial charge is 0.261 e. The molecule has 1 aliphatic rings. The van der Waals surface area contributed by atoms with Crippen LogP contribution in [0.4, 0.5) is 5.69 Å². The van der Waals surface area contributed by atoms with Gasteiger partial charge in [0.2, 0.25) is 0 Å². The first kappa shape index (κ1) is 18.4. The van der Waals surface area contributed by atoms with Gasteiger partial charge in [-0.05, 0) is 58.7 Å². The molecule has 1 aromatic carbocycles. The van der Waals surface area contributed by atoms with Crippen molar-refractivity contribution in [2.24, 2.45) is 0 Å². The van der Waals surface area contributed by atoms with Crippen LogP contribution in [0.25, 0.3) is 0 Å². The van der Waals surface area contributed by atoms with E-state index in [0.29, 0.717) is 11.3 Å². The second-order valence-corrected chi connectivity index (χ2v) is 7.15. The Morgan fingerprint density at radius 2 is 1.75 bits per heavy atom. The fourth-order valence-corrected chi connectivity index (χ4v) is 2.18. The quantitative estimate of drug-likeness (QED) is 0.451. The number of imide groups is 1. The van der Waals surface area contributed by atoms with E-state index < -0.39 is 11.2 Å². The van der Waals surface area contributed by atoms with Crippen molar-refractivity contribution in [2.75, 3.05) is 4.90 Å². The first-order valence-electron chi connectivity index (χ1n) is 8.11. The Kier molecular flexibility index (Phi) is 4.97. The van der Waals surface area contributed by atoms with Gasteiger partial charge in [-0.1, -0.05) is 19.1 Å². The summed E-state index contributed by atoms with van der Waals surface area (Å²) >= 11 is 0. The Balaban J connectivity index is 2.24. The predicted octanol–water partition coefficient (Wildman–Crippen LogP) is 3.88. The SMILES string of the molecule is CCC(C)(C)OOC(C)(C)c1cccc(N2C(=O)C=C(C)C2=O)c1. The van der Waals surface area contributed by atoms with Crippen molar-refractivity contribution in [3.05, 3.63) is 41.5 Å². The molecule has 0 aromatic heterocycles. The molecule has 0 spiro atoms. The number of nitrogens with zero attached hydrogens (tertiary/aromatic N) is 1. The molecule has 0 unspecified atom stereocenters. The minimum Gasteiger partial charge on any atom is -0.269 e. The van der Waals surface area contributed by atoms with Crippen molar-refractivity contribution in [3.8, 4) is 0 Å². The third kappa shape index (κ3) is 3.74. The van der Waals surface area contributed by atoms with E-state index in [4.69, 9.17) is 9.78 Å². The lowest BCUT2D eigenvalue weighted by molar-refractivity contribution is -0.405. The maximum atomic E-state index is 12.2.